The molecule has 1 aromatic heterocycles. The largest absolute Gasteiger partial charge is 0.321 e. The zero-order chi connectivity index (χ0) is 15.0. The lowest BCUT2D eigenvalue weighted by atomic mass is 10.2. The fourth-order valence-electron chi connectivity index (χ4n) is 2.37. The third-order valence-corrected chi connectivity index (χ3v) is 3.51. The smallest absolute Gasteiger partial charge is 0.143 e. The number of nitrogens with zero attached hydrogens (tertiary/aromatic N) is 2. The molecule has 2 aromatic rings. The van der Waals surface area contributed by atoms with E-state index < -0.39 is 0 Å². The lowest BCUT2D eigenvalue weighted by Gasteiger charge is -2.07. The fraction of sp³-hybridized carbons (Fsp3) is 0.188. The van der Waals surface area contributed by atoms with Crippen LogP contribution in [0.3, 0.4) is 0 Å². The second-order valence-electron chi connectivity index (χ2n) is 5.07. The van der Waals surface area contributed by atoms with Crippen molar-refractivity contribution >= 4 is 28.5 Å². The Hall–Kier alpha value is -2.56. The van der Waals surface area contributed by atoms with Crippen LogP contribution < -0.4 is 0 Å². The molecule has 5 heteroatoms. The van der Waals surface area contributed by atoms with E-state index in [2.05, 4.69) is 11.6 Å². The van der Waals surface area contributed by atoms with E-state index in [0.29, 0.717) is 23.0 Å². The van der Waals surface area contributed by atoms with E-state index in [1.54, 1.807) is 12.1 Å². The van der Waals surface area contributed by atoms with Crippen molar-refractivity contribution in [1.82, 2.24) is 9.55 Å². The number of benzene rings is 1. The van der Waals surface area contributed by atoms with E-state index in [9.17, 15) is 4.39 Å². The average Bonchev–Trinajstić information content (AvgIpc) is 3.25. The Bertz CT molecular complexity index is 781. The summed E-state index contributed by atoms with van der Waals surface area (Å²) in [4.78, 5) is 4.52. The highest BCUT2D eigenvalue weighted by Gasteiger charge is 2.29. The van der Waals surface area contributed by atoms with Gasteiger partial charge in [0.05, 0.1) is 16.7 Å². The normalized spacial score (nSPS) is 15.2. The first-order chi connectivity index (χ1) is 10.1. The minimum Gasteiger partial charge on any atom is -0.321 e. The summed E-state index contributed by atoms with van der Waals surface area (Å²) in [6.07, 6.45) is 6.19. The molecule has 0 radical (unpaired) electrons. The van der Waals surface area contributed by atoms with Gasteiger partial charge in [-0.05, 0) is 43.2 Å². The third-order valence-electron chi connectivity index (χ3n) is 3.51. The Morgan fingerprint density at radius 2 is 2.19 bits per heavy atom. The number of fused-ring (bicyclic) bond motifs is 1. The van der Waals surface area contributed by atoms with Crippen molar-refractivity contribution in [2.24, 2.45) is 0 Å². The average molecular weight is 282 g/mol. The van der Waals surface area contributed by atoms with Gasteiger partial charge in [0.15, 0.2) is 0 Å². The van der Waals surface area contributed by atoms with Gasteiger partial charge in [-0.15, -0.1) is 0 Å². The van der Waals surface area contributed by atoms with E-state index in [1.165, 1.54) is 24.4 Å². The summed E-state index contributed by atoms with van der Waals surface area (Å²) in [6, 6.07) is 4.81. The van der Waals surface area contributed by atoms with Crippen LogP contribution in [0, 0.1) is 16.6 Å². The van der Waals surface area contributed by atoms with Gasteiger partial charge >= 0.3 is 0 Å². The minimum absolute atomic E-state index is 0.217. The summed E-state index contributed by atoms with van der Waals surface area (Å²) >= 11 is 0. The first kappa shape index (κ1) is 13.4. The maximum absolute atomic E-state index is 13.5. The van der Waals surface area contributed by atoms with Gasteiger partial charge in [-0.25, -0.2) is 9.37 Å². The number of halogens is 1. The number of aromatic nitrogens is 2. The summed E-state index contributed by atoms with van der Waals surface area (Å²) in [5.41, 5.74) is 2.19. The fourth-order valence-corrected chi connectivity index (χ4v) is 2.37. The van der Waals surface area contributed by atoms with Gasteiger partial charge in [0.25, 0.3) is 0 Å². The Kier molecular flexibility index (Phi) is 3.25. The van der Waals surface area contributed by atoms with Crippen LogP contribution in [0.2, 0.25) is 0 Å². The van der Waals surface area contributed by atoms with Crippen LogP contribution in [0.25, 0.3) is 16.6 Å². The summed E-state index contributed by atoms with van der Waals surface area (Å²) in [5.74, 6) is 0.315. The molecule has 0 unspecified atom stereocenters. The molecule has 1 aromatic carbocycles. The lowest BCUT2D eigenvalue weighted by molar-refractivity contribution is 0.628. The van der Waals surface area contributed by atoms with Crippen molar-refractivity contribution in [2.45, 2.75) is 18.9 Å². The van der Waals surface area contributed by atoms with Crippen molar-refractivity contribution in [3.05, 3.63) is 48.6 Å². The zero-order valence-electron chi connectivity index (χ0n) is 11.4. The van der Waals surface area contributed by atoms with Crippen LogP contribution in [0.1, 0.15) is 24.7 Å². The zero-order valence-corrected chi connectivity index (χ0v) is 11.4. The first-order valence-corrected chi connectivity index (χ1v) is 6.75. The molecule has 1 fully saturated rings. The second-order valence-corrected chi connectivity index (χ2v) is 5.07. The molecule has 1 aliphatic rings. The molecule has 4 nitrogen and oxygen atoms in total. The second kappa shape index (κ2) is 5.09. The summed E-state index contributed by atoms with van der Waals surface area (Å²) in [7, 11) is 0. The van der Waals surface area contributed by atoms with Crippen LogP contribution in [0.4, 0.5) is 4.39 Å². The summed E-state index contributed by atoms with van der Waals surface area (Å²) in [6.45, 7) is 3.54. The monoisotopic (exact) mass is 282 g/mol. The van der Waals surface area contributed by atoms with Crippen LogP contribution >= 0.6 is 0 Å². The Labute approximate surface area is 121 Å². The van der Waals surface area contributed by atoms with Crippen molar-refractivity contribution in [3.8, 4) is 0 Å². The predicted octanol–water partition coefficient (Wildman–Crippen LogP) is 3.75. The van der Waals surface area contributed by atoms with Gasteiger partial charge in [0, 0.05) is 17.8 Å². The number of allylic oxidation sites excluding steroid dienone is 3. The highest BCUT2D eigenvalue weighted by Crippen LogP contribution is 2.40. The predicted molar refractivity (Wildman–Crippen MR) is 82.6 cm³/mol. The molecule has 1 saturated carbocycles. The van der Waals surface area contributed by atoms with Crippen molar-refractivity contribution in [2.75, 3.05) is 0 Å². The quantitative estimate of drug-likeness (QED) is 0.806. The van der Waals surface area contributed by atoms with Crippen LogP contribution in [0.15, 0.2) is 36.9 Å². The molecule has 0 amide bonds. The van der Waals surface area contributed by atoms with E-state index >= 15 is 0 Å². The molecule has 106 valence electrons. The SMILES string of the molecule is C=CC(=N)/C=C(\C=N)c1nc2ccc(F)cc2n1C1CC1. The van der Waals surface area contributed by atoms with E-state index in [1.807, 2.05) is 4.57 Å². The van der Waals surface area contributed by atoms with Gasteiger partial charge in [-0.1, -0.05) is 6.58 Å². The maximum Gasteiger partial charge on any atom is 0.143 e. The Balaban J connectivity index is 2.23. The molecular formula is C16H15FN4. The molecule has 0 aliphatic heterocycles. The molecule has 0 atom stereocenters. The molecule has 0 spiro atoms. The molecule has 0 bridgehead atoms. The molecule has 3 rings (SSSR count). The molecule has 21 heavy (non-hydrogen) atoms. The number of hydrogen-bond acceptors (Lipinski definition) is 3. The van der Waals surface area contributed by atoms with Crippen molar-refractivity contribution in [1.29, 1.82) is 10.8 Å². The van der Waals surface area contributed by atoms with Crippen LogP contribution in [-0.2, 0) is 0 Å². The van der Waals surface area contributed by atoms with Crippen LogP contribution in [-0.4, -0.2) is 21.5 Å². The Morgan fingerprint density at radius 3 is 2.81 bits per heavy atom. The van der Waals surface area contributed by atoms with Gasteiger partial charge in [0.2, 0.25) is 0 Å². The van der Waals surface area contributed by atoms with Gasteiger partial charge in [-0.2, -0.15) is 0 Å². The number of nitrogens with one attached hydrogen (secondary N) is 2. The standard InChI is InChI=1S/C16H15FN4/c1-2-12(19)7-10(9-18)16-20-14-6-3-11(17)8-15(14)21(16)13-4-5-13/h2-3,6-9,13,18-19H,1,4-5H2/b10-7+,18-9?,19-12?. The maximum atomic E-state index is 13.5. The van der Waals surface area contributed by atoms with Crippen molar-refractivity contribution in [3.63, 3.8) is 0 Å². The van der Waals surface area contributed by atoms with E-state index in [0.717, 1.165) is 18.4 Å². The van der Waals surface area contributed by atoms with E-state index in [4.69, 9.17) is 10.8 Å². The lowest BCUT2D eigenvalue weighted by Crippen LogP contribution is -2.03. The first-order valence-electron chi connectivity index (χ1n) is 6.75. The third kappa shape index (κ3) is 2.42. The number of imidazole rings is 1. The number of rotatable bonds is 5. The molecule has 1 aliphatic carbocycles. The van der Waals surface area contributed by atoms with Gasteiger partial charge in [0.1, 0.15) is 11.6 Å². The van der Waals surface area contributed by atoms with E-state index in [-0.39, 0.29) is 11.5 Å². The number of hydrogen-bond donors (Lipinski definition) is 2. The van der Waals surface area contributed by atoms with Crippen LogP contribution in [0.5, 0.6) is 0 Å². The summed E-state index contributed by atoms with van der Waals surface area (Å²) in [5, 5.41) is 15.3. The highest BCUT2D eigenvalue weighted by molar-refractivity contribution is 6.17. The minimum atomic E-state index is -0.296. The molecular weight excluding hydrogens is 267 g/mol. The molecule has 2 N–H and O–H groups in total. The van der Waals surface area contributed by atoms with Crippen molar-refractivity contribution < 1.29 is 4.39 Å². The van der Waals surface area contributed by atoms with Gasteiger partial charge in [-0.3, -0.25) is 0 Å². The van der Waals surface area contributed by atoms with Gasteiger partial charge < -0.3 is 15.4 Å². The summed E-state index contributed by atoms with van der Waals surface area (Å²) < 4.78 is 15.5. The Morgan fingerprint density at radius 1 is 1.43 bits per heavy atom. The highest BCUT2D eigenvalue weighted by atomic mass is 19.1. The topological polar surface area (TPSA) is 65.5 Å². The molecule has 0 saturated heterocycles. The molecule has 1 heterocycles.